The van der Waals surface area contributed by atoms with Crippen molar-refractivity contribution in [3.05, 3.63) is 0 Å². The van der Waals surface area contributed by atoms with Crippen LogP contribution in [0.2, 0.25) is 0 Å². The largest absolute Gasteiger partial charge is 0.481 e. The van der Waals surface area contributed by atoms with Crippen molar-refractivity contribution in [3.63, 3.8) is 0 Å². The SMILES string of the molecule is CCCCCCCCCCCCCCC(N)=O.CCCCCCCCCCCCCCCCCC(=O)O. The van der Waals surface area contributed by atoms with Gasteiger partial charge in [0.25, 0.3) is 0 Å². The van der Waals surface area contributed by atoms with Crippen LogP contribution in [0.1, 0.15) is 200 Å². The van der Waals surface area contributed by atoms with E-state index in [0.29, 0.717) is 12.8 Å². The third-order valence-electron chi connectivity index (χ3n) is 7.27. The van der Waals surface area contributed by atoms with Gasteiger partial charge in [-0.25, -0.2) is 0 Å². The van der Waals surface area contributed by atoms with Gasteiger partial charge in [-0.1, -0.05) is 174 Å². The molecule has 4 heteroatoms. The van der Waals surface area contributed by atoms with E-state index in [-0.39, 0.29) is 5.91 Å². The molecule has 0 heterocycles. The topological polar surface area (TPSA) is 80.4 Å². The lowest BCUT2D eigenvalue weighted by Gasteiger charge is -2.03. The van der Waals surface area contributed by atoms with Gasteiger partial charge in [0.1, 0.15) is 0 Å². The van der Waals surface area contributed by atoms with Gasteiger partial charge in [0, 0.05) is 12.8 Å². The number of carbonyl (C=O) groups is 2. The summed E-state index contributed by atoms with van der Waals surface area (Å²) in [4.78, 5) is 20.8. The fraction of sp³-hybridized carbons (Fsp3) is 0.939. The lowest BCUT2D eigenvalue weighted by Crippen LogP contribution is -2.09. The Morgan fingerprint density at radius 3 is 0.838 bits per heavy atom. The lowest BCUT2D eigenvalue weighted by atomic mass is 10.0. The summed E-state index contributed by atoms with van der Waals surface area (Å²) >= 11 is 0. The molecule has 4 nitrogen and oxygen atoms in total. The molecule has 0 bridgehead atoms. The molecule has 0 fully saturated rings. The first-order chi connectivity index (χ1) is 18.0. The van der Waals surface area contributed by atoms with E-state index in [2.05, 4.69) is 13.8 Å². The average molecular weight is 526 g/mol. The van der Waals surface area contributed by atoms with Crippen LogP contribution in [0.5, 0.6) is 0 Å². The second kappa shape index (κ2) is 34.9. The first-order valence-corrected chi connectivity index (χ1v) is 16.5. The zero-order valence-electron chi connectivity index (χ0n) is 25.3. The van der Waals surface area contributed by atoms with Crippen molar-refractivity contribution in [2.24, 2.45) is 5.73 Å². The molecule has 0 saturated heterocycles. The van der Waals surface area contributed by atoms with E-state index in [0.717, 1.165) is 19.3 Å². The Morgan fingerprint density at radius 1 is 0.405 bits per heavy atom. The van der Waals surface area contributed by atoms with Crippen LogP contribution in [-0.4, -0.2) is 17.0 Å². The Hall–Kier alpha value is -1.06. The summed E-state index contributed by atoms with van der Waals surface area (Å²) < 4.78 is 0. The van der Waals surface area contributed by atoms with Gasteiger partial charge in [-0.05, 0) is 12.8 Å². The molecule has 0 aromatic rings. The number of hydrogen-bond donors (Lipinski definition) is 2. The minimum atomic E-state index is -0.653. The molecule has 0 atom stereocenters. The Kier molecular flexibility index (Phi) is 36.0. The molecule has 0 spiro atoms. The van der Waals surface area contributed by atoms with Crippen molar-refractivity contribution in [2.45, 2.75) is 200 Å². The molecule has 0 aliphatic rings. The predicted molar refractivity (Wildman–Crippen MR) is 162 cm³/mol. The van der Waals surface area contributed by atoms with Crippen molar-refractivity contribution in [2.75, 3.05) is 0 Å². The second-order valence-corrected chi connectivity index (χ2v) is 11.2. The van der Waals surface area contributed by atoms with Gasteiger partial charge in [-0.2, -0.15) is 0 Å². The van der Waals surface area contributed by atoms with Gasteiger partial charge >= 0.3 is 5.97 Å². The van der Waals surface area contributed by atoms with Crippen LogP contribution in [-0.2, 0) is 9.59 Å². The van der Waals surface area contributed by atoms with Crippen molar-refractivity contribution in [1.29, 1.82) is 0 Å². The average Bonchev–Trinajstić information content (AvgIpc) is 2.87. The van der Waals surface area contributed by atoms with Gasteiger partial charge in [0.2, 0.25) is 5.91 Å². The highest BCUT2D eigenvalue weighted by Gasteiger charge is 1.97. The van der Waals surface area contributed by atoms with Crippen LogP contribution >= 0.6 is 0 Å². The first-order valence-electron chi connectivity index (χ1n) is 16.5. The fourth-order valence-corrected chi connectivity index (χ4v) is 4.79. The number of rotatable bonds is 29. The molecule has 0 saturated carbocycles. The van der Waals surface area contributed by atoms with Gasteiger partial charge < -0.3 is 10.8 Å². The predicted octanol–water partition coefficient (Wildman–Crippen LogP) is 10.9. The molecule has 0 aromatic heterocycles. The number of nitrogens with two attached hydrogens (primary N) is 1. The first kappa shape index (κ1) is 38.1. The Labute approximate surface area is 232 Å². The monoisotopic (exact) mass is 526 g/mol. The van der Waals surface area contributed by atoms with Crippen LogP contribution < -0.4 is 5.73 Å². The number of unbranched alkanes of at least 4 members (excludes halogenated alkanes) is 25. The van der Waals surface area contributed by atoms with Crippen molar-refractivity contribution >= 4 is 11.9 Å². The summed E-state index contributed by atoms with van der Waals surface area (Å²) in [5, 5.41) is 8.52. The van der Waals surface area contributed by atoms with Crippen molar-refractivity contribution in [1.82, 2.24) is 0 Å². The molecular weight excluding hydrogens is 458 g/mol. The maximum absolute atomic E-state index is 10.5. The number of carboxylic acid groups (broad SMARTS) is 1. The molecule has 3 N–H and O–H groups in total. The van der Waals surface area contributed by atoms with Crippen molar-refractivity contribution in [3.8, 4) is 0 Å². The van der Waals surface area contributed by atoms with E-state index in [9.17, 15) is 9.59 Å². The zero-order chi connectivity index (χ0) is 27.7. The smallest absolute Gasteiger partial charge is 0.303 e. The molecule has 1 amide bonds. The maximum atomic E-state index is 10.5. The Morgan fingerprint density at radius 2 is 0.622 bits per heavy atom. The molecule has 0 unspecified atom stereocenters. The summed E-state index contributed by atoms with van der Waals surface area (Å²) in [6.45, 7) is 4.53. The fourth-order valence-electron chi connectivity index (χ4n) is 4.79. The summed E-state index contributed by atoms with van der Waals surface area (Å²) in [6.07, 6.45) is 36.7. The number of amides is 1. The third kappa shape index (κ3) is 42.3. The second-order valence-electron chi connectivity index (χ2n) is 11.2. The van der Waals surface area contributed by atoms with Crippen LogP contribution in [0.3, 0.4) is 0 Å². The number of carbonyl (C=O) groups excluding carboxylic acids is 1. The summed E-state index contributed by atoms with van der Waals surface area (Å²) in [6, 6.07) is 0. The Balaban J connectivity index is 0. The van der Waals surface area contributed by atoms with Crippen LogP contribution in [0, 0.1) is 0 Å². The Bertz CT molecular complexity index is 453. The molecule has 37 heavy (non-hydrogen) atoms. The van der Waals surface area contributed by atoms with Gasteiger partial charge in [0.05, 0.1) is 0 Å². The van der Waals surface area contributed by atoms with Crippen molar-refractivity contribution < 1.29 is 14.7 Å². The third-order valence-corrected chi connectivity index (χ3v) is 7.27. The zero-order valence-corrected chi connectivity index (χ0v) is 25.3. The van der Waals surface area contributed by atoms with Crippen LogP contribution in [0.25, 0.3) is 0 Å². The quantitative estimate of drug-likeness (QED) is 0.0953. The molecule has 0 aliphatic carbocycles. The number of primary amides is 1. The highest BCUT2D eigenvalue weighted by atomic mass is 16.4. The van der Waals surface area contributed by atoms with Gasteiger partial charge in [-0.15, -0.1) is 0 Å². The summed E-state index contributed by atoms with van der Waals surface area (Å²) in [5.74, 6) is -0.809. The number of carboxylic acids is 1. The van der Waals surface area contributed by atoms with E-state index in [1.165, 1.54) is 154 Å². The minimum absolute atomic E-state index is 0.155. The molecule has 0 radical (unpaired) electrons. The lowest BCUT2D eigenvalue weighted by molar-refractivity contribution is -0.137. The number of aliphatic carboxylic acids is 1. The highest BCUT2D eigenvalue weighted by molar-refractivity contribution is 5.73. The van der Waals surface area contributed by atoms with Crippen LogP contribution in [0.4, 0.5) is 0 Å². The van der Waals surface area contributed by atoms with E-state index in [4.69, 9.17) is 10.8 Å². The molecule has 222 valence electrons. The normalized spacial score (nSPS) is 10.8. The van der Waals surface area contributed by atoms with E-state index < -0.39 is 5.97 Å². The van der Waals surface area contributed by atoms with E-state index in [1.807, 2.05) is 0 Å². The summed E-state index contributed by atoms with van der Waals surface area (Å²) in [7, 11) is 0. The van der Waals surface area contributed by atoms with Gasteiger partial charge in [0.15, 0.2) is 0 Å². The minimum Gasteiger partial charge on any atom is -0.481 e. The van der Waals surface area contributed by atoms with Gasteiger partial charge in [-0.3, -0.25) is 9.59 Å². The molecule has 0 rings (SSSR count). The molecular formula is C33H67NO3. The van der Waals surface area contributed by atoms with E-state index in [1.54, 1.807) is 0 Å². The standard InChI is InChI=1S/C18H36O2.C15H31NO/c1-2-3-4-5-6-7-8-9-10-11-12-13-14-15-16-17-18(19)20;1-2-3-4-5-6-7-8-9-10-11-12-13-14-15(16)17/h2-17H2,1H3,(H,19,20);2-14H2,1H3,(H2,16,17). The summed E-state index contributed by atoms with van der Waals surface area (Å²) in [5.41, 5.74) is 5.08. The molecule has 0 aromatic carbocycles. The molecule has 0 aliphatic heterocycles. The van der Waals surface area contributed by atoms with Crippen LogP contribution in [0.15, 0.2) is 0 Å². The maximum Gasteiger partial charge on any atom is 0.303 e. The highest BCUT2D eigenvalue weighted by Crippen LogP contribution is 2.14. The van der Waals surface area contributed by atoms with E-state index >= 15 is 0 Å². The number of hydrogen-bond acceptors (Lipinski definition) is 2.